The molecule has 2 rings (SSSR count). The van der Waals surface area contributed by atoms with Gasteiger partial charge in [0.05, 0.1) is 0 Å². The van der Waals surface area contributed by atoms with Gasteiger partial charge < -0.3 is 0 Å². The Kier molecular flexibility index (Phi) is 9.45. The topological polar surface area (TPSA) is 24.1 Å². The summed E-state index contributed by atoms with van der Waals surface area (Å²) in [5.41, 5.74) is 7.45. The van der Waals surface area contributed by atoms with Crippen molar-refractivity contribution in [1.29, 1.82) is 0 Å². The molecule has 2 aliphatic rings. The van der Waals surface area contributed by atoms with E-state index >= 15 is 0 Å². The molecule has 0 amide bonds. The highest BCUT2D eigenvalue weighted by molar-refractivity contribution is 4.71. The minimum Gasteiger partial charge on any atom is -0.255 e. The molecule has 124 valence electrons. The zero-order chi connectivity index (χ0) is 14.6. The van der Waals surface area contributed by atoms with Crippen LogP contribution < -0.4 is 10.9 Å². The van der Waals surface area contributed by atoms with Crippen molar-refractivity contribution in [3.8, 4) is 0 Å². The Balaban J connectivity index is 1.67. The van der Waals surface area contributed by atoms with Crippen LogP contribution in [0.4, 0.5) is 0 Å². The summed E-state index contributed by atoms with van der Waals surface area (Å²) in [4.78, 5) is 0. The van der Waals surface area contributed by atoms with Crippen LogP contribution >= 0.6 is 0 Å². The van der Waals surface area contributed by atoms with Gasteiger partial charge in [0.15, 0.2) is 0 Å². The molecule has 2 aliphatic carbocycles. The highest BCUT2D eigenvalue weighted by atomic mass is 15.4. The number of hydrogen-bond donors (Lipinski definition) is 2. The SMILES string of the molecule is C1CCCCC(NNC2CCCCCCCC2)CCCC1. The van der Waals surface area contributed by atoms with Crippen LogP contribution in [-0.2, 0) is 0 Å². The van der Waals surface area contributed by atoms with Gasteiger partial charge in [-0.3, -0.25) is 10.9 Å². The van der Waals surface area contributed by atoms with Crippen molar-refractivity contribution in [2.24, 2.45) is 0 Å². The molecule has 2 saturated carbocycles. The van der Waals surface area contributed by atoms with Gasteiger partial charge in [-0.1, -0.05) is 83.5 Å². The molecule has 2 nitrogen and oxygen atoms in total. The highest BCUT2D eigenvalue weighted by Gasteiger charge is 2.14. The Morgan fingerprint density at radius 3 is 0.857 bits per heavy atom. The van der Waals surface area contributed by atoms with Crippen molar-refractivity contribution in [3.05, 3.63) is 0 Å². The first-order valence-corrected chi connectivity index (χ1v) is 9.96. The Morgan fingerprint density at radius 2 is 0.571 bits per heavy atom. The average Bonchev–Trinajstić information content (AvgIpc) is 2.65. The van der Waals surface area contributed by atoms with Crippen molar-refractivity contribution in [2.45, 2.75) is 121 Å². The van der Waals surface area contributed by atoms with Crippen LogP contribution in [0.2, 0.25) is 0 Å². The molecule has 21 heavy (non-hydrogen) atoms. The molecule has 2 N–H and O–H groups in total. The second-order valence-electron chi connectivity index (χ2n) is 7.43. The third kappa shape index (κ3) is 8.21. The smallest absolute Gasteiger partial charge is 0.0213 e. The standard InChI is InChI=1S/C19H38N2/c1-2-6-10-14-18(15-11-7-3-1)20-21-19-16-12-8-4-5-9-13-17-19/h18-21H,1-17H2. The molecular weight excluding hydrogens is 256 g/mol. The molecular formula is C19H38N2. The van der Waals surface area contributed by atoms with E-state index in [1.165, 1.54) is 109 Å². The second-order valence-corrected chi connectivity index (χ2v) is 7.43. The Bertz CT molecular complexity index is 222. The van der Waals surface area contributed by atoms with E-state index in [0.717, 1.165) is 12.1 Å². The molecule has 2 fully saturated rings. The molecule has 0 aromatic rings. The summed E-state index contributed by atoms with van der Waals surface area (Å²) in [7, 11) is 0. The maximum Gasteiger partial charge on any atom is 0.0213 e. The summed E-state index contributed by atoms with van der Waals surface area (Å²) in [5, 5.41) is 0. The number of hydrogen-bond acceptors (Lipinski definition) is 2. The van der Waals surface area contributed by atoms with E-state index in [-0.39, 0.29) is 0 Å². The molecule has 0 aliphatic heterocycles. The van der Waals surface area contributed by atoms with Crippen LogP contribution in [-0.4, -0.2) is 12.1 Å². The Hall–Kier alpha value is -0.0800. The summed E-state index contributed by atoms with van der Waals surface area (Å²) in [5.74, 6) is 0. The van der Waals surface area contributed by atoms with Crippen LogP contribution in [0, 0.1) is 0 Å². The number of hydrazine groups is 1. The predicted octanol–water partition coefficient (Wildman–Crippen LogP) is 5.48. The third-order valence-corrected chi connectivity index (χ3v) is 5.45. The van der Waals surface area contributed by atoms with E-state index in [9.17, 15) is 0 Å². The molecule has 0 bridgehead atoms. The van der Waals surface area contributed by atoms with E-state index in [1.807, 2.05) is 0 Å². The monoisotopic (exact) mass is 294 g/mol. The van der Waals surface area contributed by atoms with Crippen LogP contribution in [0.25, 0.3) is 0 Å². The lowest BCUT2D eigenvalue weighted by Crippen LogP contribution is -2.46. The van der Waals surface area contributed by atoms with Gasteiger partial charge in [-0.05, 0) is 25.7 Å². The van der Waals surface area contributed by atoms with Crippen molar-refractivity contribution in [3.63, 3.8) is 0 Å². The van der Waals surface area contributed by atoms with E-state index in [4.69, 9.17) is 0 Å². The fraction of sp³-hybridized carbons (Fsp3) is 1.00. The molecule has 0 unspecified atom stereocenters. The third-order valence-electron chi connectivity index (χ3n) is 5.45. The minimum atomic E-state index is 0.718. The largest absolute Gasteiger partial charge is 0.255 e. The lowest BCUT2D eigenvalue weighted by Gasteiger charge is -2.25. The van der Waals surface area contributed by atoms with Gasteiger partial charge in [-0.15, -0.1) is 0 Å². The van der Waals surface area contributed by atoms with Gasteiger partial charge in [-0.25, -0.2) is 0 Å². The Labute approximate surface area is 132 Å². The zero-order valence-corrected chi connectivity index (χ0v) is 14.2. The fourth-order valence-corrected chi connectivity index (χ4v) is 3.97. The summed E-state index contributed by atoms with van der Waals surface area (Å²) in [6, 6.07) is 1.44. The maximum atomic E-state index is 3.73. The van der Waals surface area contributed by atoms with Crippen molar-refractivity contribution in [1.82, 2.24) is 10.9 Å². The molecule has 0 aromatic heterocycles. The molecule has 0 spiro atoms. The van der Waals surface area contributed by atoms with Crippen molar-refractivity contribution < 1.29 is 0 Å². The molecule has 0 radical (unpaired) electrons. The van der Waals surface area contributed by atoms with Crippen molar-refractivity contribution in [2.75, 3.05) is 0 Å². The maximum absolute atomic E-state index is 3.73. The first-order chi connectivity index (χ1) is 10.4. The first-order valence-electron chi connectivity index (χ1n) is 9.96. The van der Waals surface area contributed by atoms with E-state index < -0.39 is 0 Å². The van der Waals surface area contributed by atoms with Gasteiger partial charge >= 0.3 is 0 Å². The van der Waals surface area contributed by atoms with Gasteiger partial charge in [0, 0.05) is 12.1 Å². The van der Waals surface area contributed by atoms with E-state index in [0.29, 0.717) is 0 Å². The average molecular weight is 295 g/mol. The molecule has 0 saturated heterocycles. The predicted molar refractivity (Wildman–Crippen MR) is 92.3 cm³/mol. The van der Waals surface area contributed by atoms with Gasteiger partial charge in [0.25, 0.3) is 0 Å². The zero-order valence-electron chi connectivity index (χ0n) is 14.2. The van der Waals surface area contributed by atoms with E-state index in [2.05, 4.69) is 10.9 Å². The second kappa shape index (κ2) is 11.5. The fourth-order valence-electron chi connectivity index (χ4n) is 3.97. The van der Waals surface area contributed by atoms with Crippen molar-refractivity contribution >= 4 is 0 Å². The lowest BCUT2D eigenvalue weighted by molar-refractivity contribution is 0.304. The van der Waals surface area contributed by atoms with E-state index in [1.54, 1.807) is 0 Å². The summed E-state index contributed by atoms with van der Waals surface area (Å²) in [6.07, 6.45) is 24.3. The van der Waals surface area contributed by atoms with Gasteiger partial charge in [-0.2, -0.15) is 0 Å². The Morgan fingerprint density at radius 1 is 0.333 bits per heavy atom. The molecule has 0 aromatic carbocycles. The van der Waals surface area contributed by atoms with Crippen LogP contribution in [0.5, 0.6) is 0 Å². The first kappa shape index (κ1) is 17.3. The molecule has 2 heteroatoms. The summed E-state index contributed by atoms with van der Waals surface area (Å²) < 4.78 is 0. The molecule has 0 atom stereocenters. The lowest BCUT2D eigenvalue weighted by atomic mass is 9.98. The minimum absolute atomic E-state index is 0.718. The van der Waals surface area contributed by atoms with Gasteiger partial charge in [0.1, 0.15) is 0 Å². The molecule has 0 heterocycles. The van der Waals surface area contributed by atoms with Crippen LogP contribution in [0.3, 0.4) is 0 Å². The normalized spacial score (nSPS) is 25.7. The number of nitrogens with one attached hydrogen (secondary N) is 2. The summed E-state index contributed by atoms with van der Waals surface area (Å²) in [6.45, 7) is 0. The number of rotatable bonds is 3. The van der Waals surface area contributed by atoms with Crippen LogP contribution in [0.15, 0.2) is 0 Å². The van der Waals surface area contributed by atoms with Gasteiger partial charge in [0.2, 0.25) is 0 Å². The van der Waals surface area contributed by atoms with Crippen LogP contribution in [0.1, 0.15) is 109 Å². The highest BCUT2D eigenvalue weighted by Crippen LogP contribution is 2.18. The quantitative estimate of drug-likeness (QED) is 0.674. The summed E-state index contributed by atoms with van der Waals surface area (Å²) >= 11 is 0.